The van der Waals surface area contributed by atoms with Crippen LogP contribution < -0.4 is 4.74 Å². The molecule has 0 fully saturated rings. The molecule has 0 bridgehead atoms. The second-order valence-electron chi connectivity index (χ2n) is 6.99. The molecule has 0 atom stereocenters. The van der Waals surface area contributed by atoms with Crippen LogP contribution in [0.15, 0.2) is 24.3 Å². The van der Waals surface area contributed by atoms with Crippen LogP contribution in [-0.4, -0.2) is 39.2 Å². The third kappa shape index (κ3) is 7.15. The van der Waals surface area contributed by atoms with Gasteiger partial charge in [0.15, 0.2) is 8.32 Å². The molecule has 0 saturated carbocycles. The summed E-state index contributed by atoms with van der Waals surface area (Å²) in [5.74, 6) is -0.197. The second-order valence-corrected chi connectivity index (χ2v) is 11.8. The first-order valence-corrected chi connectivity index (χ1v) is 10.7. The minimum Gasteiger partial charge on any atom is -0.491 e. The number of hydrogen-bond donors (Lipinski definition) is 1. The van der Waals surface area contributed by atoms with E-state index in [2.05, 4.69) is 33.9 Å². The highest BCUT2D eigenvalue weighted by Crippen LogP contribution is 2.36. The number of benzene rings is 1. The molecule has 0 aliphatic carbocycles. The minimum absolute atomic E-state index is 0.199. The maximum Gasteiger partial charge on any atom is 0.329 e. The van der Waals surface area contributed by atoms with Gasteiger partial charge in [0.1, 0.15) is 19.0 Å². The summed E-state index contributed by atoms with van der Waals surface area (Å²) in [5.41, 5.74) is 0.913. The first kappa shape index (κ1) is 19.7. The topological polar surface area (TPSA) is 65.0 Å². The van der Waals surface area contributed by atoms with Crippen LogP contribution in [0.25, 0.3) is 0 Å². The number of hydrogen-bond acceptors (Lipinski definition) is 4. The molecule has 0 unspecified atom stereocenters. The highest BCUT2D eigenvalue weighted by atomic mass is 28.4. The van der Waals surface area contributed by atoms with Gasteiger partial charge >= 0.3 is 5.97 Å². The average molecular weight is 340 g/mol. The maximum absolute atomic E-state index is 10.4. The summed E-state index contributed by atoms with van der Waals surface area (Å²) < 4.78 is 16.8. The number of carbonyl (C=O) groups is 1. The SMILES string of the molecule is CC(C)(C)[Si](C)(C)OCCOc1ccc(COCC(=O)O)cc1. The first-order valence-electron chi connectivity index (χ1n) is 7.77. The molecule has 0 saturated heterocycles. The highest BCUT2D eigenvalue weighted by molar-refractivity contribution is 6.74. The zero-order valence-corrected chi connectivity index (χ0v) is 15.7. The zero-order valence-electron chi connectivity index (χ0n) is 14.7. The van der Waals surface area contributed by atoms with Crippen LogP contribution in [0, 0.1) is 0 Å². The average Bonchev–Trinajstić information content (AvgIpc) is 2.43. The number of rotatable bonds is 9. The van der Waals surface area contributed by atoms with Crippen LogP contribution >= 0.6 is 0 Å². The molecular formula is C17H28O5Si. The van der Waals surface area contributed by atoms with Gasteiger partial charge in [0.05, 0.1) is 13.2 Å². The van der Waals surface area contributed by atoms with E-state index in [1.54, 1.807) is 0 Å². The summed E-state index contributed by atoms with van der Waals surface area (Å²) in [6.07, 6.45) is 0. The summed E-state index contributed by atoms with van der Waals surface area (Å²) in [7, 11) is -1.72. The van der Waals surface area contributed by atoms with Crippen LogP contribution in [0.1, 0.15) is 26.3 Å². The van der Waals surface area contributed by atoms with E-state index < -0.39 is 14.3 Å². The lowest BCUT2D eigenvalue weighted by atomic mass is 10.2. The predicted molar refractivity (Wildman–Crippen MR) is 92.4 cm³/mol. The number of ether oxygens (including phenoxy) is 2. The molecule has 1 aromatic carbocycles. The van der Waals surface area contributed by atoms with E-state index in [-0.39, 0.29) is 18.3 Å². The van der Waals surface area contributed by atoms with E-state index in [0.29, 0.717) is 13.2 Å². The van der Waals surface area contributed by atoms with Crippen molar-refractivity contribution in [1.29, 1.82) is 0 Å². The maximum atomic E-state index is 10.4. The molecular weight excluding hydrogens is 312 g/mol. The van der Waals surface area contributed by atoms with E-state index in [0.717, 1.165) is 11.3 Å². The molecule has 23 heavy (non-hydrogen) atoms. The Bertz CT molecular complexity index is 491. The normalized spacial score (nSPS) is 12.2. The van der Waals surface area contributed by atoms with Crippen LogP contribution in [-0.2, 0) is 20.6 Å². The smallest absolute Gasteiger partial charge is 0.329 e. The van der Waals surface area contributed by atoms with Crippen molar-refractivity contribution in [3.63, 3.8) is 0 Å². The number of carboxylic acid groups (broad SMARTS) is 1. The van der Waals surface area contributed by atoms with Crippen LogP contribution in [0.3, 0.4) is 0 Å². The molecule has 1 rings (SSSR count). The van der Waals surface area contributed by atoms with E-state index in [1.165, 1.54) is 0 Å². The molecule has 1 aromatic rings. The Morgan fingerprint density at radius 1 is 1.13 bits per heavy atom. The van der Waals surface area contributed by atoms with Gasteiger partial charge in [-0.3, -0.25) is 0 Å². The van der Waals surface area contributed by atoms with Crippen LogP contribution in [0.4, 0.5) is 0 Å². The fraction of sp³-hybridized carbons (Fsp3) is 0.588. The van der Waals surface area contributed by atoms with Crippen LogP contribution in [0.2, 0.25) is 18.1 Å². The van der Waals surface area contributed by atoms with Crippen molar-refractivity contribution < 1.29 is 23.8 Å². The lowest BCUT2D eigenvalue weighted by Crippen LogP contribution is -2.41. The Hall–Kier alpha value is -1.37. The first-order chi connectivity index (χ1) is 10.6. The Morgan fingerprint density at radius 2 is 1.74 bits per heavy atom. The van der Waals surface area contributed by atoms with Crippen molar-refractivity contribution in [3.8, 4) is 5.75 Å². The fourth-order valence-electron chi connectivity index (χ4n) is 1.61. The van der Waals surface area contributed by atoms with Gasteiger partial charge in [-0.25, -0.2) is 4.79 Å². The fourth-order valence-corrected chi connectivity index (χ4v) is 2.64. The van der Waals surface area contributed by atoms with Crippen molar-refractivity contribution in [3.05, 3.63) is 29.8 Å². The van der Waals surface area contributed by atoms with Crippen molar-refractivity contribution >= 4 is 14.3 Å². The van der Waals surface area contributed by atoms with Gasteiger partial charge in [-0.2, -0.15) is 0 Å². The quantitative estimate of drug-likeness (QED) is 0.548. The molecule has 0 radical (unpaired) electrons. The summed E-state index contributed by atoms with van der Waals surface area (Å²) in [6.45, 7) is 12.2. The molecule has 0 aliphatic rings. The van der Waals surface area contributed by atoms with Gasteiger partial charge in [-0.05, 0) is 35.8 Å². The minimum atomic E-state index is -1.72. The standard InChI is InChI=1S/C17H28O5Si/c1-17(2,3)23(4,5)22-11-10-21-15-8-6-14(7-9-15)12-20-13-16(18)19/h6-9H,10-13H2,1-5H3,(H,18,19). The van der Waals surface area contributed by atoms with Gasteiger partial charge in [0.2, 0.25) is 0 Å². The molecule has 0 amide bonds. The van der Waals surface area contributed by atoms with Gasteiger partial charge in [-0.15, -0.1) is 0 Å². The molecule has 0 spiro atoms. The largest absolute Gasteiger partial charge is 0.491 e. The van der Waals surface area contributed by atoms with Gasteiger partial charge in [0, 0.05) is 0 Å². The number of carboxylic acids is 1. The molecule has 0 aliphatic heterocycles. The lowest BCUT2D eigenvalue weighted by Gasteiger charge is -2.36. The van der Waals surface area contributed by atoms with E-state index in [9.17, 15) is 4.79 Å². The Kier molecular flexibility index (Phi) is 7.25. The summed E-state index contributed by atoms with van der Waals surface area (Å²) in [6, 6.07) is 7.44. The third-order valence-electron chi connectivity index (χ3n) is 4.04. The molecule has 6 heteroatoms. The molecule has 0 heterocycles. The number of aliphatic carboxylic acids is 1. The van der Waals surface area contributed by atoms with Crippen molar-refractivity contribution in [2.75, 3.05) is 19.8 Å². The highest BCUT2D eigenvalue weighted by Gasteiger charge is 2.36. The molecule has 5 nitrogen and oxygen atoms in total. The molecule has 0 aromatic heterocycles. The van der Waals surface area contributed by atoms with E-state index in [4.69, 9.17) is 19.0 Å². The lowest BCUT2D eigenvalue weighted by molar-refractivity contribution is -0.142. The molecule has 130 valence electrons. The van der Waals surface area contributed by atoms with Gasteiger partial charge < -0.3 is 19.0 Å². The van der Waals surface area contributed by atoms with E-state index >= 15 is 0 Å². The Morgan fingerprint density at radius 3 is 2.26 bits per heavy atom. The summed E-state index contributed by atoms with van der Waals surface area (Å²) in [5, 5.41) is 8.71. The summed E-state index contributed by atoms with van der Waals surface area (Å²) >= 11 is 0. The van der Waals surface area contributed by atoms with Gasteiger partial charge in [0.25, 0.3) is 0 Å². The van der Waals surface area contributed by atoms with E-state index in [1.807, 2.05) is 24.3 Å². The van der Waals surface area contributed by atoms with Gasteiger partial charge in [-0.1, -0.05) is 32.9 Å². The monoisotopic (exact) mass is 340 g/mol. The van der Waals surface area contributed by atoms with Crippen molar-refractivity contribution in [2.24, 2.45) is 0 Å². The Labute approximate surface area is 139 Å². The third-order valence-corrected chi connectivity index (χ3v) is 8.58. The van der Waals surface area contributed by atoms with Crippen LogP contribution in [0.5, 0.6) is 5.75 Å². The van der Waals surface area contributed by atoms with Crippen molar-refractivity contribution in [1.82, 2.24) is 0 Å². The second kappa shape index (κ2) is 8.47. The Balaban J connectivity index is 2.32. The predicted octanol–water partition coefficient (Wildman–Crippen LogP) is 3.69. The molecule has 1 N–H and O–H groups in total. The van der Waals surface area contributed by atoms with Crippen molar-refractivity contribution in [2.45, 2.75) is 45.5 Å². The zero-order chi connectivity index (χ0) is 17.5. The summed E-state index contributed by atoms with van der Waals surface area (Å²) in [4.78, 5) is 10.4.